The van der Waals surface area contributed by atoms with E-state index in [4.69, 9.17) is 4.74 Å². The number of ether oxygens (including phenoxy) is 1. The molecule has 0 aliphatic carbocycles. The van der Waals surface area contributed by atoms with Gasteiger partial charge in [-0.1, -0.05) is 0 Å². The van der Waals surface area contributed by atoms with Crippen LogP contribution < -0.4 is 0 Å². The van der Waals surface area contributed by atoms with E-state index in [2.05, 4.69) is 24.0 Å². The average molecular weight is 195 g/mol. The monoisotopic (exact) mass is 195 g/mol. The molecule has 0 bridgehead atoms. The number of hydrogen-bond acceptors (Lipinski definition) is 3. The molecule has 2 rings (SSSR count). The van der Waals surface area contributed by atoms with Crippen LogP contribution in [0.4, 0.5) is 0 Å². The summed E-state index contributed by atoms with van der Waals surface area (Å²) in [6.07, 6.45) is 0.479. The first-order valence-corrected chi connectivity index (χ1v) is 5.42. The van der Waals surface area contributed by atoms with Crippen LogP contribution in [-0.4, -0.2) is 23.4 Å². The van der Waals surface area contributed by atoms with Gasteiger partial charge in [0.2, 0.25) is 0 Å². The first kappa shape index (κ1) is 9.03. The first-order chi connectivity index (χ1) is 6.24. The van der Waals surface area contributed by atoms with E-state index in [0.29, 0.717) is 6.10 Å². The number of nitrogens with zero attached hydrogens (tertiary/aromatic N) is 1. The maximum absolute atomic E-state index is 5.14. The Balaban J connectivity index is 2.01. The van der Waals surface area contributed by atoms with Crippen molar-refractivity contribution in [1.82, 2.24) is 4.98 Å². The van der Waals surface area contributed by atoms with Gasteiger partial charge >= 0.3 is 0 Å². The third-order valence-corrected chi connectivity index (χ3v) is 2.94. The molecule has 1 atom stereocenters. The second-order valence-electron chi connectivity index (χ2n) is 3.39. The van der Waals surface area contributed by atoms with Crippen LogP contribution in [0.15, 0.2) is 17.2 Å². The molecule has 0 saturated carbocycles. The molecule has 13 heavy (non-hydrogen) atoms. The standard InChI is InChI=1S/C10H13NOS/c1-7-3-8(2)11-10(4-7)13-6-9-5-12-9/h3-4,9H,5-6H2,1-2H3. The third-order valence-electron chi connectivity index (χ3n) is 1.89. The van der Waals surface area contributed by atoms with Crippen molar-refractivity contribution in [2.75, 3.05) is 12.4 Å². The smallest absolute Gasteiger partial charge is 0.0966 e. The van der Waals surface area contributed by atoms with Crippen molar-refractivity contribution in [1.29, 1.82) is 0 Å². The molecule has 0 aromatic carbocycles. The second kappa shape index (κ2) is 3.68. The Morgan fingerprint density at radius 1 is 1.54 bits per heavy atom. The normalized spacial score (nSPS) is 20.3. The molecule has 0 amide bonds. The Morgan fingerprint density at radius 2 is 2.31 bits per heavy atom. The fraction of sp³-hybridized carbons (Fsp3) is 0.500. The van der Waals surface area contributed by atoms with Gasteiger partial charge in [-0.2, -0.15) is 0 Å². The zero-order valence-electron chi connectivity index (χ0n) is 7.91. The molecule has 0 spiro atoms. The van der Waals surface area contributed by atoms with Gasteiger partial charge in [0, 0.05) is 11.4 Å². The highest BCUT2D eigenvalue weighted by molar-refractivity contribution is 7.99. The SMILES string of the molecule is Cc1cc(C)nc(SCC2CO2)c1. The van der Waals surface area contributed by atoms with Gasteiger partial charge in [-0.3, -0.25) is 0 Å². The molecular formula is C10H13NOS. The van der Waals surface area contributed by atoms with Gasteiger partial charge in [0.25, 0.3) is 0 Å². The van der Waals surface area contributed by atoms with Crippen LogP contribution >= 0.6 is 11.8 Å². The predicted octanol–water partition coefficient (Wildman–Crippen LogP) is 2.19. The molecule has 70 valence electrons. The molecule has 1 aliphatic heterocycles. The molecule has 1 aromatic rings. The van der Waals surface area contributed by atoms with E-state index >= 15 is 0 Å². The molecule has 2 nitrogen and oxygen atoms in total. The first-order valence-electron chi connectivity index (χ1n) is 4.44. The Bertz CT molecular complexity index is 290. The quantitative estimate of drug-likeness (QED) is 0.546. The summed E-state index contributed by atoms with van der Waals surface area (Å²) in [6, 6.07) is 4.22. The van der Waals surface area contributed by atoms with E-state index in [1.807, 2.05) is 6.92 Å². The fourth-order valence-electron chi connectivity index (χ4n) is 1.22. The molecule has 2 heterocycles. The Hall–Kier alpha value is -0.540. The van der Waals surface area contributed by atoms with Crippen molar-refractivity contribution in [2.45, 2.75) is 25.0 Å². The molecule has 3 heteroatoms. The fourth-order valence-corrected chi connectivity index (χ4v) is 2.25. The van der Waals surface area contributed by atoms with Gasteiger partial charge in [-0.15, -0.1) is 11.8 Å². The molecule has 1 aromatic heterocycles. The Morgan fingerprint density at radius 3 is 2.92 bits per heavy atom. The minimum atomic E-state index is 0.479. The number of pyridine rings is 1. The number of aryl methyl sites for hydroxylation is 2. The van der Waals surface area contributed by atoms with Gasteiger partial charge < -0.3 is 4.74 Å². The summed E-state index contributed by atoms with van der Waals surface area (Å²) in [7, 11) is 0. The van der Waals surface area contributed by atoms with Crippen molar-refractivity contribution in [3.8, 4) is 0 Å². The summed E-state index contributed by atoms with van der Waals surface area (Å²) < 4.78 is 5.14. The van der Waals surface area contributed by atoms with E-state index in [9.17, 15) is 0 Å². The lowest BCUT2D eigenvalue weighted by atomic mass is 10.3. The van der Waals surface area contributed by atoms with Crippen LogP contribution in [0.25, 0.3) is 0 Å². The third kappa shape index (κ3) is 2.71. The van der Waals surface area contributed by atoms with Gasteiger partial charge in [-0.05, 0) is 31.5 Å². The van der Waals surface area contributed by atoms with Crippen LogP contribution in [0.3, 0.4) is 0 Å². The lowest BCUT2D eigenvalue weighted by molar-refractivity contribution is 0.426. The second-order valence-corrected chi connectivity index (χ2v) is 4.43. The van der Waals surface area contributed by atoms with Crippen LogP contribution in [0.2, 0.25) is 0 Å². The zero-order valence-corrected chi connectivity index (χ0v) is 8.73. The van der Waals surface area contributed by atoms with Crippen molar-refractivity contribution in [3.63, 3.8) is 0 Å². The summed E-state index contributed by atoms with van der Waals surface area (Å²) in [5.74, 6) is 1.04. The summed E-state index contributed by atoms with van der Waals surface area (Å²) in [4.78, 5) is 4.44. The van der Waals surface area contributed by atoms with E-state index in [0.717, 1.165) is 23.1 Å². The Kier molecular flexibility index (Phi) is 2.56. The lowest BCUT2D eigenvalue weighted by Gasteiger charge is -2.01. The average Bonchev–Trinajstić information content (AvgIpc) is 2.81. The van der Waals surface area contributed by atoms with E-state index in [1.165, 1.54) is 5.56 Å². The van der Waals surface area contributed by atoms with Gasteiger partial charge in [0.15, 0.2) is 0 Å². The predicted molar refractivity (Wildman–Crippen MR) is 54.2 cm³/mol. The van der Waals surface area contributed by atoms with Crippen molar-refractivity contribution >= 4 is 11.8 Å². The highest BCUT2D eigenvalue weighted by atomic mass is 32.2. The number of hydrogen-bond donors (Lipinski definition) is 0. The molecule has 1 unspecified atom stereocenters. The number of thioether (sulfide) groups is 1. The van der Waals surface area contributed by atoms with Crippen molar-refractivity contribution < 1.29 is 4.74 Å². The number of aromatic nitrogens is 1. The van der Waals surface area contributed by atoms with Crippen LogP contribution in [0.1, 0.15) is 11.3 Å². The van der Waals surface area contributed by atoms with E-state index < -0.39 is 0 Å². The minimum absolute atomic E-state index is 0.479. The summed E-state index contributed by atoms with van der Waals surface area (Å²) in [5, 5.41) is 1.12. The maximum Gasteiger partial charge on any atom is 0.0966 e. The maximum atomic E-state index is 5.14. The van der Waals surface area contributed by atoms with Crippen molar-refractivity contribution in [3.05, 3.63) is 23.4 Å². The molecule has 0 radical (unpaired) electrons. The summed E-state index contributed by atoms with van der Waals surface area (Å²) in [6.45, 7) is 5.06. The molecule has 0 N–H and O–H groups in total. The molecule has 1 saturated heterocycles. The minimum Gasteiger partial charge on any atom is -0.372 e. The molecule has 1 fully saturated rings. The summed E-state index contributed by atoms with van der Waals surface area (Å²) >= 11 is 1.78. The van der Waals surface area contributed by atoms with Crippen molar-refractivity contribution in [2.24, 2.45) is 0 Å². The van der Waals surface area contributed by atoms with Crippen LogP contribution in [0.5, 0.6) is 0 Å². The molecular weight excluding hydrogens is 182 g/mol. The van der Waals surface area contributed by atoms with Gasteiger partial charge in [-0.25, -0.2) is 4.98 Å². The van der Waals surface area contributed by atoms with Crippen LogP contribution in [-0.2, 0) is 4.74 Å². The number of epoxide rings is 1. The molecule has 1 aliphatic rings. The topological polar surface area (TPSA) is 25.4 Å². The Labute approximate surface area is 82.7 Å². The van der Waals surface area contributed by atoms with Gasteiger partial charge in [0.05, 0.1) is 17.7 Å². The van der Waals surface area contributed by atoms with Gasteiger partial charge in [0.1, 0.15) is 0 Å². The van der Waals surface area contributed by atoms with E-state index in [-0.39, 0.29) is 0 Å². The van der Waals surface area contributed by atoms with Crippen LogP contribution in [0, 0.1) is 13.8 Å². The number of rotatable bonds is 3. The highest BCUT2D eigenvalue weighted by Gasteiger charge is 2.22. The summed E-state index contributed by atoms with van der Waals surface area (Å²) in [5.41, 5.74) is 2.38. The van der Waals surface area contributed by atoms with E-state index in [1.54, 1.807) is 11.8 Å². The lowest BCUT2D eigenvalue weighted by Crippen LogP contribution is -1.92. The highest BCUT2D eigenvalue weighted by Crippen LogP contribution is 2.23. The zero-order chi connectivity index (χ0) is 9.26. The largest absolute Gasteiger partial charge is 0.372 e.